The Morgan fingerprint density at radius 3 is 2.58 bits per heavy atom. The van der Waals surface area contributed by atoms with E-state index in [0.717, 1.165) is 21.9 Å². The molecule has 0 radical (unpaired) electrons. The van der Waals surface area contributed by atoms with Gasteiger partial charge in [-0.2, -0.15) is 0 Å². The van der Waals surface area contributed by atoms with E-state index in [9.17, 15) is 23.8 Å². The molecule has 1 unspecified atom stereocenters. The average molecular weight is 571 g/mol. The van der Waals surface area contributed by atoms with Crippen LogP contribution >= 0.6 is 19.6 Å². The molecule has 1 aromatic carbocycles. The molecule has 0 spiro atoms. The Labute approximate surface area is 225 Å². The van der Waals surface area contributed by atoms with Gasteiger partial charge in [-0.25, -0.2) is 13.9 Å². The van der Waals surface area contributed by atoms with Crippen molar-refractivity contribution in [1.29, 1.82) is 0 Å². The highest BCUT2D eigenvalue weighted by atomic mass is 32.2. The Morgan fingerprint density at radius 1 is 1.18 bits per heavy atom. The van der Waals surface area contributed by atoms with Gasteiger partial charge < -0.3 is 14.4 Å². The number of phosphoric ester groups is 1. The average Bonchev–Trinajstić information content (AvgIpc) is 3.23. The normalized spacial score (nSPS) is 21.3. The first-order chi connectivity index (χ1) is 17.9. The Balaban J connectivity index is 1.52. The first-order valence-corrected chi connectivity index (χ1v) is 14.7. The molecule has 1 saturated heterocycles. The maximum absolute atomic E-state index is 13.0. The van der Waals surface area contributed by atoms with Crippen molar-refractivity contribution in [3.63, 3.8) is 0 Å². The van der Waals surface area contributed by atoms with Crippen molar-refractivity contribution in [2.45, 2.75) is 59.8 Å². The Hall–Kier alpha value is -2.05. The van der Waals surface area contributed by atoms with Crippen molar-refractivity contribution in [2.24, 2.45) is 11.3 Å². The molecule has 1 aliphatic rings. The number of thioether (sulfide) groups is 1. The predicted molar refractivity (Wildman–Crippen MR) is 143 cm³/mol. The van der Waals surface area contributed by atoms with Crippen molar-refractivity contribution in [2.75, 3.05) is 19.0 Å². The lowest BCUT2D eigenvalue weighted by atomic mass is 10.00. The quantitative estimate of drug-likeness (QED) is 0.298. The van der Waals surface area contributed by atoms with Crippen molar-refractivity contribution in [3.8, 4) is 0 Å². The lowest BCUT2D eigenvalue weighted by Gasteiger charge is -2.20. The van der Waals surface area contributed by atoms with Crippen molar-refractivity contribution < 1.29 is 32.8 Å². The number of carbonyl (C=O) groups is 1. The van der Waals surface area contributed by atoms with Gasteiger partial charge in [0.25, 0.3) is 5.56 Å². The van der Waals surface area contributed by atoms with Crippen LogP contribution in [0.4, 0.5) is 0 Å². The fraction of sp³-hybridized carbons (Fsp3) is 0.560. The Morgan fingerprint density at radius 2 is 1.89 bits per heavy atom. The van der Waals surface area contributed by atoms with Gasteiger partial charge in [-0.05, 0) is 12.0 Å². The molecule has 1 fully saturated rings. The van der Waals surface area contributed by atoms with E-state index >= 15 is 0 Å². The van der Waals surface area contributed by atoms with Crippen molar-refractivity contribution in [1.82, 2.24) is 9.13 Å². The first-order valence-electron chi connectivity index (χ1n) is 12.3. The van der Waals surface area contributed by atoms with Gasteiger partial charge in [-0.15, -0.1) is 0 Å². The largest absolute Gasteiger partial charge is 0.472 e. The Bertz CT molecular complexity index is 1240. The third-order valence-corrected chi connectivity index (χ3v) is 7.99. The number of aromatic nitrogens is 2. The van der Waals surface area contributed by atoms with E-state index in [1.54, 1.807) is 20.8 Å². The number of hydrogen-bond donors (Lipinski definition) is 1. The van der Waals surface area contributed by atoms with Gasteiger partial charge >= 0.3 is 13.5 Å². The molecule has 1 aromatic heterocycles. The number of rotatable bonds is 12. The molecule has 13 heteroatoms. The molecule has 0 bridgehead atoms. The van der Waals surface area contributed by atoms with Crippen LogP contribution < -0.4 is 11.2 Å². The van der Waals surface area contributed by atoms with Gasteiger partial charge in [0.15, 0.2) is 5.12 Å². The summed E-state index contributed by atoms with van der Waals surface area (Å²) in [4.78, 5) is 47.3. The molecule has 4 atom stereocenters. The fourth-order valence-corrected chi connectivity index (χ4v) is 5.42. The standard InChI is InChI=1S/C25H35N2O9PS/c1-18-14-20(16-35-37(31,32)34-12-13-38-23(29)25(2,3)4)36-22(18)26-11-10-21(28)27(24(26)30)17-33-15-19-8-6-5-7-9-19/h5-11,18,20,22H,12-17H2,1-4H3,(H,31,32)/t18-,20-,22+/m0/s1. The summed E-state index contributed by atoms with van der Waals surface area (Å²) in [5, 5.41) is -0.0430. The maximum atomic E-state index is 13.0. The molecule has 1 N–H and O–H groups in total. The second-order valence-electron chi connectivity index (χ2n) is 10.1. The van der Waals surface area contributed by atoms with Crippen LogP contribution in [0.5, 0.6) is 0 Å². The summed E-state index contributed by atoms with van der Waals surface area (Å²) in [6.07, 6.45) is 0.559. The molecule has 2 heterocycles. The minimum Gasteiger partial charge on any atom is -0.356 e. The second-order valence-corrected chi connectivity index (χ2v) is 12.6. The molecular formula is C25H35N2O9PS. The number of ether oxygens (including phenoxy) is 2. The van der Waals surface area contributed by atoms with Gasteiger partial charge in [0.1, 0.15) is 13.0 Å². The molecule has 2 aromatic rings. The van der Waals surface area contributed by atoms with E-state index in [4.69, 9.17) is 18.5 Å². The van der Waals surface area contributed by atoms with E-state index < -0.39 is 36.8 Å². The minimum absolute atomic E-state index is 0.0430. The lowest BCUT2D eigenvalue weighted by Crippen LogP contribution is -2.41. The summed E-state index contributed by atoms with van der Waals surface area (Å²) in [7, 11) is -4.35. The first kappa shape index (κ1) is 30.5. The zero-order valence-corrected chi connectivity index (χ0v) is 23.7. The molecule has 210 valence electrons. The highest BCUT2D eigenvalue weighted by Crippen LogP contribution is 2.45. The van der Waals surface area contributed by atoms with Crippen LogP contribution in [0, 0.1) is 11.3 Å². The number of phosphoric acid groups is 1. The molecular weight excluding hydrogens is 535 g/mol. The van der Waals surface area contributed by atoms with Crippen LogP contribution in [0.3, 0.4) is 0 Å². The van der Waals surface area contributed by atoms with Crippen LogP contribution in [0.1, 0.15) is 45.9 Å². The highest BCUT2D eigenvalue weighted by Gasteiger charge is 2.36. The number of benzene rings is 1. The molecule has 0 amide bonds. The van der Waals surface area contributed by atoms with Gasteiger partial charge in [-0.3, -0.25) is 23.2 Å². The monoisotopic (exact) mass is 570 g/mol. The Kier molecular flexibility index (Phi) is 10.7. The van der Waals surface area contributed by atoms with E-state index in [-0.39, 0.29) is 43.3 Å². The van der Waals surface area contributed by atoms with E-state index in [1.165, 1.54) is 16.8 Å². The second kappa shape index (κ2) is 13.3. The SMILES string of the molecule is C[C@H]1C[C@@H](COP(=O)(O)OCCSC(=O)C(C)(C)C)O[C@H]1n1ccc(=O)n(COCc2ccccc2)c1=O. The van der Waals surface area contributed by atoms with E-state index in [1.807, 2.05) is 37.3 Å². The zero-order valence-electron chi connectivity index (χ0n) is 22.0. The van der Waals surface area contributed by atoms with Gasteiger partial charge in [0, 0.05) is 29.3 Å². The third kappa shape index (κ3) is 8.74. The molecule has 38 heavy (non-hydrogen) atoms. The van der Waals surface area contributed by atoms with E-state index in [0.29, 0.717) is 6.42 Å². The topological polar surface area (TPSA) is 135 Å². The van der Waals surface area contributed by atoms with Gasteiger partial charge in [0.05, 0.1) is 25.9 Å². The van der Waals surface area contributed by atoms with Crippen LogP contribution in [0.15, 0.2) is 52.2 Å². The van der Waals surface area contributed by atoms with Crippen LogP contribution in [-0.4, -0.2) is 44.2 Å². The number of hydrogen-bond acceptors (Lipinski definition) is 9. The van der Waals surface area contributed by atoms with E-state index in [2.05, 4.69) is 0 Å². The van der Waals surface area contributed by atoms with Crippen molar-refractivity contribution in [3.05, 3.63) is 69.0 Å². The summed E-state index contributed by atoms with van der Waals surface area (Å²) in [5.41, 5.74) is -0.676. The summed E-state index contributed by atoms with van der Waals surface area (Å²) < 4.78 is 36.1. The third-order valence-electron chi connectivity index (χ3n) is 5.76. The minimum atomic E-state index is -4.35. The molecule has 0 aliphatic carbocycles. The van der Waals surface area contributed by atoms with Gasteiger partial charge in [-0.1, -0.05) is 69.8 Å². The molecule has 11 nitrogen and oxygen atoms in total. The highest BCUT2D eigenvalue weighted by molar-refractivity contribution is 8.13. The summed E-state index contributed by atoms with van der Waals surface area (Å²) in [6.45, 7) is 6.92. The predicted octanol–water partition coefficient (Wildman–Crippen LogP) is 3.55. The number of carbonyl (C=O) groups excluding carboxylic acids is 1. The molecule has 0 saturated carbocycles. The van der Waals surface area contributed by atoms with Crippen LogP contribution in [0.25, 0.3) is 0 Å². The fourth-order valence-electron chi connectivity index (χ4n) is 3.76. The van der Waals surface area contributed by atoms with Gasteiger partial charge in [0.2, 0.25) is 0 Å². The summed E-state index contributed by atoms with van der Waals surface area (Å²) in [6, 6.07) is 10.7. The summed E-state index contributed by atoms with van der Waals surface area (Å²) in [5.74, 6) is 0.0767. The van der Waals surface area contributed by atoms with Crippen molar-refractivity contribution >= 4 is 24.7 Å². The number of nitrogens with zero attached hydrogens (tertiary/aromatic N) is 2. The maximum Gasteiger partial charge on any atom is 0.472 e. The lowest BCUT2D eigenvalue weighted by molar-refractivity contribution is -0.117. The van der Waals surface area contributed by atoms with Crippen LogP contribution in [0.2, 0.25) is 0 Å². The molecule has 1 aliphatic heterocycles. The smallest absolute Gasteiger partial charge is 0.356 e. The van der Waals surface area contributed by atoms with Crippen LogP contribution in [-0.2, 0) is 41.2 Å². The zero-order chi connectivity index (χ0) is 27.9. The summed E-state index contributed by atoms with van der Waals surface area (Å²) >= 11 is 1.03. The molecule has 3 rings (SSSR count).